The fourth-order valence-corrected chi connectivity index (χ4v) is 5.50. The molecule has 4 rings (SSSR count). The highest BCUT2D eigenvalue weighted by atomic mass is 32.1. The maximum atomic E-state index is 13.9. The Hall–Kier alpha value is -3.85. The number of esters is 1. The van der Waals surface area contributed by atoms with Crippen molar-refractivity contribution in [3.8, 4) is 17.2 Å². The molecule has 0 unspecified atom stereocenters. The molecule has 1 aromatic heterocycles. The molecule has 0 radical (unpaired) electrons. The van der Waals surface area contributed by atoms with E-state index in [0.29, 0.717) is 51.1 Å². The minimum Gasteiger partial charge on any atom is -0.494 e. The zero-order valence-corrected chi connectivity index (χ0v) is 24.7. The molecule has 40 heavy (non-hydrogen) atoms. The lowest BCUT2D eigenvalue weighted by Crippen LogP contribution is -2.39. The summed E-state index contributed by atoms with van der Waals surface area (Å²) >= 11 is 1.28. The summed E-state index contributed by atoms with van der Waals surface area (Å²) in [6, 6.07) is 12.4. The first-order valence-corrected chi connectivity index (χ1v) is 14.5. The van der Waals surface area contributed by atoms with E-state index >= 15 is 0 Å². The van der Waals surface area contributed by atoms with Gasteiger partial charge in [-0.3, -0.25) is 9.36 Å². The van der Waals surface area contributed by atoms with Crippen molar-refractivity contribution < 1.29 is 23.7 Å². The number of benzene rings is 2. The highest BCUT2D eigenvalue weighted by molar-refractivity contribution is 7.07. The van der Waals surface area contributed by atoms with E-state index in [4.69, 9.17) is 18.9 Å². The molecular weight excluding hydrogens is 528 g/mol. The third-order valence-corrected chi connectivity index (χ3v) is 7.48. The van der Waals surface area contributed by atoms with Crippen LogP contribution in [-0.2, 0) is 9.53 Å². The standard InChI is InChI=1S/C31H36N2O6S/c1-7-19(5)39-24-16-11-21(17-25(24)37-9-3)18-26-29(34)33-28(22-12-14-23(15-13-22)36-8-2)27(30(35)38-10-4)20(6)32-31(33)40-26/h11-19,28H,7-10H2,1-6H3/b26-18+/t19-,28+/m1/s1. The number of aromatic nitrogens is 1. The Balaban J connectivity index is 1.84. The Bertz CT molecular complexity index is 1570. The second-order valence-corrected chi connectivity index (χ2v) is 10.3. The van der Waals surface area contributed by atoms with E-state index in [1.54, 1.807) is 18.4 Å². The van der Waals surface area contributed by atoms with Gasteiger partial charge in [0, 0.05) is 0 Å². The third-order valence-electron chi connectivity index (χ3n) is 6.49. The highest BCUT2D eigenvalue weighted by Crippen LogP contribution is 2.32. The van der Waals surface area contributed by atoms with Crippen LogP contribution in [0.4, 0.5) is 0 Å². The van der Waals surface area contributed by atoms with Crippen LogP contribution in [-0.4, -0.2) is 36.5 Å². The predicted molar refractivity (Wildman–Crippen MR) is 156 cm³/mol. The van der Waals surface area contributed by atoms with E-state index in [1.807, 2.05) is 69.3 Å². The number of carbonyl (C=O) groups is 1. The van der Waals surface area contributed by atoms with Crippen molar-refractivity contribution in [1.82, 2.24) is 4.57 Å². The number of hydrogen-bond acceptors (Lipinski definition) is 8. The van der Waals surface area contributed by atoms with Crippen LogP contribution in [0.15, 0.2) is 63.5 Å². The Morgan fingerprint density at radius 1 is 1.02 bits per heavy atom. The highest BCUT2D eigenvalue weighted by Gasteiger charge is 2.33. The van der Waals surface area contributed by atoms with Crippen LogP contribution in [0.5, 0.6) is 17.2 Å². The number of allylic oxidation sites excluding steroid dienone is 1. The van der Waals surface area contributed by atoms with E-state index in [0.717, 1.165) is 17.5 Å². The summed E-state index contributed by atoms with van der Waals surface area (Å²) in [5, 5.41) is 0. The number of rotatable bonds is 11. The largest absolute Gasteiger partial charge is 0.494 e. The fourth-order valence-electron chi connectivity index (χ4n) is 4.45. The summed E-state index contributed by atoms with van der Waals surface area (Å²) in [6.45, 7) is 12.7. The van der Waals surface area contributed by atoms with Crippen molar-refractivity contribution >= 4 is 23.4 Å². The smallest absolute Gasteiger partial charge is 0.338 e. The number of thiazole rings is 1. The van der Waals surface area contributed by atoms with Gasteiger partial charge in [0.05, 0.1) is 47.8 Å². The molecule has 3 aromatic rings. The molecule has 2 heterocycles. The lowest BCUT2D eigenvalue weighted by atomic mass is 9.96. The van der Waals surface area contributed by atoms with Gasteiger partial charge in [0.2, 0.25) is 0 Å². The average molecular weight is 565 g/mol. The second-order valence-electron chi connectivity index (χ2n) is 9.28. The Morgan fingerprint density at radius 2 is 1.75 bits per heavy atom. The summed E-state index contributed by atoms with van der Waals surface area (Å²) < 4.78 is 24.9. The molecule has 0 spiro atoms. The van der Waals surface area contributed by atoms with E-state index in [9.17, 15) is 9.59 Å². The van der Waals surface area contributed by atoms with Gasteiger partial charge < -0.3 is 18.9 Å². The zero-order valence-electron chi connectivity index (χ0n) is 23.9. The molecule has 1 aliphatic rings. The van der Waals surface area contributed by atoms with Gasteiger partial charge in [0.25, 0.3) is 5.56 Å². The maximum Gasteiger partial charge on any atom is 0.338 e. The number of nitrogens with zero attached hydrogens (tertiary/aromatic N) is 2. The van der Waals surface area contributed by atoms with Gasteiger partial charge in [-0.05, 0) is 82.5 Å². The van der Waals surface area contributed by atoms with Crippen molar-refractivity contribution in [2.45, 2.75) is 60.1 Å². The number of fused-ring (bicyclic) bond motifs is 1. The molecule has 8 nitrogen and oxygen atoms in total. The van der Waals surface area contributed by atoms with Gasteiger partial charge in [-0.2, -0.15) is 0 Å². The van der Waals surface area contributed by atoms with Gasteiger partial charge >= 0.3 is 5.97 Å². The minimum absolute atomic E-state index is 0.0492. The predicted octanol–water partition coefficient (Wildman–Crippen LogP) is 4.77. The van der Waals surface area contributed by atoms with Crippen LogP contribution in [0.1, 0.15) is 65.1 Å². The normalized spacial score (nSPS) is 15.8. The van der Waals surface area contributed by atoms with E-state index in [-0.39, 0.29) is 18.3 Å². The van der Waals surface area contributed by atoms with Gasteiger partial charge in [0.1, 0.15) is 5.75 Å². The monoisotopic (exact) mass is 564 g/mol. The molecule has 0 N–H and O–H groups in total. The van der Waals surface area contributed by atoms with Crippen LogP contribution < -0.4 is 29.1 Å². The SMILES string of the molecule is CCOC(=O)C1=C(C)N=c2s/c(=C/c3ccc(O[C@H](C)CC)c(OCC)c3)c(=O)n2[C@H]1c1ccc(OCC)cc1. The van der Waals surface area contributed by atoms with Gasteiger partial charge in [-0.1, -0.05) is 36.5 Å². The van der Waals surface area contributed by atoms with Gasteiger partial charge in [0.15, 0.2) is 16.3 Å². The zero-order chi connectivity index (χ0) is 28.8. The fraction of sp³-hybridized carbons (Fsp3) is 0.387. The number of hydrogen-bond donors (Lipinski definition) is 0. The molecule has 0 fully saturated rings. The van der Waals surface area contributed by atoms with Crippen molar-refractivity contribution in [2.24, 2.45) is 4.99 Å². The van der Waals surface area contributed by atoms with Gasteiger partial charge in [-0.15, -0.1) is 0 Å². The quantitative estimate of drug-likeness (QED) is 0.312. The molecule has 0 amide bonds. The molecule has 9 heteroatoms. The number of carbonyl (C=O) groups excluding carboxylic acids is 1. The number of ether oxygens (including phenoxy) is 4. The topological polar surface area (TPSA) is 88.4 Å². The molecule has 0 saturated carbocycles. The van der Waals surface area contributed by atoms with Crippen molar-refractivity contribution in [2.75, 3.05) is 19.8 Å². The molecule has 0 aliphatic carbocycles. The van der Waals surface area contributed by atoms with Crippen LogP contribution in [0, 0.1) is 0 Å². The second kappa shape index (κ2) is 13.0. The summed E-state index contributed by atoms with van der Waals surface area (Å²) in [6.07, 6.45) is 2.74. The Labute approximate surface area is 238 Å². The molecule has 2 aromatic carbocycles. The van der Waals surface area contributed by atoms with Crippen molar-refractivity contribution in [3.63, 3.8) is 0 Å². The third kappa shape index (κ3) is 6.14. The first-order valence-electron chi connectivity index (χ1n) is 13.7. The summed E-state index contributed by atoms with van der Waals surface area (Å²) in [7, 11) is 0. The van der Waals surface area contributed by atoms with Gasteiger partial charge in [-0.25, -0.2) is 9.79 Å². The maximum absolute atomic E-state index is 13.9. The van der Waals surface area contributed by atoms with E-state index in [1.165, 1.54) is 11.3 Å². The molecule has 212 valence electrons. The first-order chi connectivity index (χ1) is 19.3. The van der Waals surface area contributed by atoms with Crippen molar-refractivity contribution in [1.29, 1.82) is 0 Å². The van der Waals surface area contributed by atoms with Crippen LogP contribution in [0.2, 0.25) is 0 Å². The first kappa shape index (κ1) is 29.1. The summed E-state index contributed by atoms with van der Waals surface area (Å²) in [5.41, 5.74) is 2.18. The summed E-state index contributed by atoms with van der Waals surface area (Å²) in [4.78, 5) is 32.2. The molecule has 2 atom stereocenters. The minimum atomic E-state index is -0.682. The van der Waals surface area contributed by atoms with Crippen molar-refractivity contribution in [3.05, 3.63) is 84.5 Å². The molecule has 0 saturated heterocycles. The lowest BCUT2D eigenvalue weighted by Gasteiger charge is -2.24. The Kier molecular flexibility index (Phi) is 9.47. The molecule has 0 bridgehead atoms. The Morgan fingerprint density at radius 3 is 2.40 bits per heavy atom. The van der Waals surface area contributed by atoms with Crippen LogP contribution in [0.3, 0.4) is 0 Å². The molecular formula is C31H36N2O6S. The van der Waals surface area contributed by atoms with Crippen LogP contribution in [0.25, 0.3) is 6.08 Å². The molecule has 1 aliphatic heterocycles. The summed E-state index contributed by atoms with van der Waals surface area (Å²) in [5.74, 6) is 1.51. The lowest BCUT2D eigenvalue weighted by molar-refractivity contribution is -0.139. The average Bonchev–Trinajstić information content (AvgIpc) is 3.24. The van der Waals surface area contributed by atoms with Crippen LogP contribution >= 0.6 is 11.3 Å². The van der Waals surface area contributed by atoms with E-state index < -0.39 is 12.0 Å². The van der Waals surface area contributed by atoms with E-state index in [2.05, 4.69) is 11.9 Å².